The van der Waals surface area contributed by atoms with Crippen molar-refractivity contribution in [1.82, 2.24) is 10.2 Å². The quantitative estimate of drug-likeness (QED) is 0.833. The summed E-state index contributed by atoms with van der Waals surface area (Å²) in [6, 6.07) is 6.27. The van der Waals surface area contributed by atoms with Crippen LogP contribution in [0.5, 0.6) is 5.75 Å². The predicted molar refractivity (Wildman–Crippen MR) is 67.0 cm³/mol. The molecule has 0 bridgehead atoms. The molecule has 17 heavy (non-hydrogen) atoms. The van der Waals surface area contributed by atoms with Crippen LogP contribution in [0.4, 0.5) is 0 Å². The van der Waals surface area contributed by atoms with Gasteiger partial charge in [-0.3, -0.25) is 5.10 Å². The number of ether oxygens (including phenoxy) is 1. The van der Waals surface area contributed by atoms with E-state index in [9.17, 15) is 0 Å². The summed E-state index contributed by atoms with van der Waals surface area (Å²) < 4.78 is 6.06. The van der Waals surface area contributed by atoms with Crippen molar-refractivity contribution >= 4 is 10.9 Å². The van der Waals surface area contributed by atoms with Gasteiger partial charge >= 0.3 is 0 Å². The van der Waals surface area contributed by atoms with Crippen LogP contribution in [0.2, 0.25) is 0 Å². The first-order chi connectivity index (χ1) is 8.33. The maximum Gasteiger partial charge on any atom is 0.130 e. The van der Waals surface area contributed by atoms with Crippen molar-refractivity contribution in [2.45, 2.75) is 37.8 Å². The fourth-order valence-corrected chi connectivity index (χ4v) is 2.51. The molecule has 1 heterocycles. The molecule has 2 atom stereocenters. The van der Waals surface area contributed by atoms with E-state index < -0.39 is 0 Å². The first kappa shape index (κ1) is 10.6. The number of nitrogens with two attached hydrogens (primary N) is 1. The van der Waals surface area contributed by atoms with Gasteiger partial charge in [0.15, 0.2) is 0 Å². The number of hydrogen-bond acceptors (Lipinski definition) is 3. The van der Waals surface area contributed by atoms with Gasteiger partial charge in [0.1, 0.15) is 11.9 Å². The van der Waals surface area contributed by atoms with Crippen LogP contribution in [0.25, 0.3) is 10.9 Å². The minimum Gasteiger partial charge on any atom is -0.490 e. The van der Waals surface area contributed by atoms with Gasteiger partial charge in [-0.2, -0.15) is 5.10 Å². The minimum absolute atomic E-state index is 0.249. The molecule has 1 aliphatic rings. The second-order valence-corrected chi connectivity index (χ2v) is 4.75. The topological polar surface area (TPSA) is 63.9 Å². The van der Waals surface area contributed by atoms with Crippen molar-refractivity contribution in [3.8, 4) is 5.75 Å². The molecule has 1 fully saturated rings. The maximum absolute atomic E-state index is 6.06. The number of aromatic amines is 1. The van der Waals surface area contributed by atoms with Crippen molar-refractivity contribution in [2.24, 2.45) is 5.73 Å². The van der Waals surface area contributed by atoms with Crippen LogP contribution in [-0.2, 0) is 0 Å². The van der Waals surface area contributed by atoms with Gasteiger partial charge in [0, 0.05) is 6.04 Å². The second-order valence-electron chi connectivity index (χ2n) is 4.75. The average Bonchev–Trinajstić information content (AvgIpc) is 2.78. The number of H-pyrrole nitrogens is 1. The molecular weight excluding hydrogens is 214 g/mol. The van der Waals surface area contributed by atoms with Crippen LogP contribution >= 0.6 is 0 Å². The molecule has 0 radical (unpaired) electrons. The first-order valence-electron chi connectivity index (χ1n) is 6.17. The van der Waals surface area contributed by atoms with Crippen LogP contribution in [0.3, 0.4) is 0 Å². The summed E-state index contributed by atoms with van der Waals surface area (Å²) in [5.74, 6) is 0.912. The zero-order chi connectivity index (χ0) is 11.7. The Bertz CT molecular complexity index is 508. The van der Waals surface area contributed by atoms with E-state index in [4.69, 9.17) is 10.5 Å². The molecule has 0 amide bonds. The Balaban J connectivity index is 1.82. The third kappa shape index (κ3) is 2.13. The highest BCUT2D eigenvalue weighted by atomic mass is 16.5. The Morgan fingerprint density at radius 2 is 2.29 bits per heavy atom. The van der Waals surface area contributed by atoms with Crippen LogP contribution < -0.4 is 10.5 Å². The fourth-order valence-electron chi connectivity index (χ4n) is 2.51. The van der Waals surface area contributed by atoms with Gasteiger partial charge < -0.3 is 10.5 Å². The molecule has 1 aromatic heterocycles. The number of nitrogens with zero attached hydrogens (tertiary/aromatic N) is 1. The van der Waals surface area contributed by atoms with Crippen LogP contribution in [-0.4, -0.2) is 22.3 Å². The lowest BCUT2D eigenvalue weighted by atomic mass is 9.93. The predicted octanol–water partition coefficient (Wildman–Crippen LogP) is 2.21. The third-order valence-electron chi connectivity index (χ3n) is 3.41. The molecule has 1 aliphatic carbocycles. The molecular formula is C13H17N3O. The van der Waals surface area contributed by atoms with Gasteiger partial charge in [0.25, 0.3) is 0 Å². The first-order valence-corrected chi connectivity index (χ1v) is 6.17. The zero-order valence-corrected chi connectivity index (χ0v) is 9.73. The highest BCUT2D eigenvalue weighted by molar-refractivity contribution is 5.84. The Hall–Kier alpha value is -1.55. The minimum atomic E-state index is 0.249. The van der Waals surface area contributed by atoms with E-state index in [0.29, 0.717) is 0 Å². The Labute approximate surface area is 100 Å². The summed E-state index contributed by atoms with van der Waals surface area (Å²) in [5, 5.41) is 8.04. The zero-order valence-electron chi connectivity index (χ0n) is 9.73. The number of hydrogen-bond donors (Lipinski definition) is 2. The maximum atomic E-state index is 6.06. The van der Waals surface area contributed by atoms with E-state index in [1.54, 1.807) is 0 Å². The van der Waals surface area contributed by atoms with E-state index in [2.05, 4.69) is 10.2 Å². The van der Waals surface area contributed by atoms with Gasteiger partial charge in [-0.25, -0.2) is 0 Å². The molecule has 1 saturated carbocycles. The lowest BCUT2D eigenvalue weighted by Gasteiger charge is -2.27. The van der Waals surface area contributed by atoms with Crippen LogP contribution in [0.15, 0.2) is 24.4 Å². The molecule has 1 aromatic carbocycles. The largest absolute Gasteiger partial charge is 0.490 e. The Morgan fingerprint density at radius 3 is 3.18 bits per heavy atom. The third-order valence-corrected chi connectivity index (χ3v) is 3.41. The van der Waals surface area contributed by atoms with Crippen molar-refractivity contribution < 1.29 is 4.74 Å². The van der Waals surface area contributed by atoms with Crippen molar-refractivity contribution in [3.05, 3.63) is 24.4 Å². The Kier molecular flexibility index (Phi) is 2.73. The summed E-state index contributed by atoms with van der Waals surface area (Å²) in [5.41, 5.74) is 6.99. The molecule has 0 spiro atoms. The number of benzene rings is 1. The molecule has 2 aromatic rings. The molecule has 2 unspecified atom stereocenters. The second kappa shape index (κ2) is 4.37. The lowest BCUT2D eigenvalue weighted by Crippen LogP contribution is -2.33. The SMILES string of the molecule is NC1CCCC(Oc2cccc3[nH]ncc23)C1. The van der Waals surface area contributed by atoms with Gasteiger partial charge in [0.2, 0.25) is 0 Å². The molecule has 3 N–H and O–H groups in total. The van der Waals surface area contributed by atoms with Crippen LogP contribution in [0.1, 0.15) is 25.7 Å². The highest BCUT2D eigenvalue weighted by Gasteiger charge is 2.21. The number of rotatable bonds is 2. The molecule has 0 aliphatic heterocycles. The van der Waals surface area contributed by atoms with E-state index in [0.717, 1.165) is 42.3 Å². The summed E-state index contributed by atoms with van der Waals surface area (Å²) in [7, 11) is 0. The van der Waals surface area contributed by atoms with Gasteiger partial charge in [-0.1, -0.05) is 6.07 Å². The van der Waals surface area contributed by atoms with Gasteiger partial charge in [-0.15, -0.1) is 0 Å². The molecule has 4 heteroatoms. The van der Waals surface area contributed by atoms with Crippen molar-refractivity contribution in [2.75, 3.05) is 0 Å². The van der Waals surface area contributed by atoms with Gasteiger partial charge in [-0.05, 0) is 37.8 Å². The lowest BCUT2D eigenvalue weighted by molar-refractivity contribution is 0.146. The van der Waals surface area contributed by atoms with Crippen molar-refractivity contribution in [1.29, 1.82) is 0 Å². The summed E-state index contributed by atoms with van der Waals surface area (Å²) in [6.45, 7) is 0. The van der Waals surface area contributed by atoms with E-state index in [-0.39, 0.29) is 12.1 Å². The molecule has 90 valence electrons. The van der Waals surface area contributed by atoms with E-state index >= 15 is 0 Å². The highest BCUT2D eigenvalue weighted by Crippen LogP contribution is 2.28. The van der Waals surface area contributed by atoms with Gasteiger partial charge in [0.05, 0.1) is 17.1 Å². The monoisotopic (exact) mass is 231 g/mol. The average molecular weight is 231 g/mol. The molecule has 0 saturated heterocycles. The summed E-state index contributed by atoms with van der Waals surface area (Å²) in [4.78, 5) is 0. The Morgan fingerprint density at radius 1 is 1.35 bits per heavy atom. The smallest absolute Gasteiger partial charge is 0.130 e. The summed E-state index contributed by atoms with van der Waals surface area (Å²) in [6.07, 6.45) is 6.39. The standard InChI is InChI=1S/C13H17N3O/c14-9-3-1-4-10(7-9)17-13-6-2-5-12-11(13)8-15-16-12/h2,5-6,8-10H,1,3-4,7,14H2,(H,15,16). The van der Waals surface area contributed by atoms with E-state index in [1.807, 2.05) is 24.4 Å². The van der Waals surface area contributed by atoms with Crippen LogP contribution in [0, 0.1) is 0 Å². The fraction of sp³-hybridized carbons (Fsp3) is 0.462. The van der Waals surface area contributed by atoms with E-state index in [1.165, 1.54) is 0 Å². The number of aromatic nitrogens is 2. The molecule has 3 rings (SSSR count). The number of fused-ring (bicyclic) bond motifs is 1. The number of nitrogens with one attached hydrogen (secondary N) is 1. The van der Waals surface area contributed by atoms with Crippen molar-refractivity contribution in [3.63, 3.8) is 0 Å². The normalized spacial score (nSPS) is 25.0. The summed E-state index contributed by atoms with van der Waals surface area (Å²) >= 11 is 0. The molecule has 4 nitrogen and oxygen atoms in total.